The van der Waals surface area contributed by atoms with Crippen LogP contribution in [0.5, 0.6) is 0 Å². The van der Waals surface area contributed by atoms with E-state index in [0.717, 1.165) is 11.1 Å². The molecular weight excluding hydrogens is 508 g/mol. The number of hydrogen-bond donors (Lipinski definition) is 2. The largest absolute Gasteiger partial charge is 0.464 e. The average molecular weight is 557 g/mol. The lowest BCUT2D eigenvalue weighted by atomic mass is 10.1. The van der Waals surface area contributed by atoms with Crippen molar-refractivity contribution in [2.24, 2.45) is 5.73 Å². The van der Waals surface area contributed by atoms with Crippen LogP contribution in [-0.2, 0) is 41.5 Å². The summed E-state index contributed by atoms with van der Waals surface area (Å²) in [4.78, 5) is 48.2. The van der Waals surface area contributed by atoms with E-state index in [0.29, 0.717) is 38.5 Å². The summed E-state index contributed by atoms with van der Waals surface area (Å²) in [7, 11) is 0. The Bertz CT molecular complexity index is 966. The summed E-state index contributed by atoms with van der Waals surface area (Å²) in [5.74, 6) is -1.24. The topological polar surface area (TPSA) is 125 Å². The Morgan fingerprint density at radius 2 is 1.18 bits per heavy atom. The first-order valence-corrected chi connectivity index (χ1v) is 14.3. The van der Waals surface area contributed by atoms with Crippen LogP contribution in [0, 0.1) is 0 Å². The van der Waals surface area contributed by atoms with Gasteiger partial charge in [-0.25, -0.2) is 4.79 Å². The fourth-order valence-corrected chi connectivity index (χ4v) is 3.53. The summed E-state index contributed by atoms with van der Waals surface area (Å²) in [6, 6.07) is 17.2. The molecule has 2 unspecified atom stereocenters. The standard InChI is InChI=1S/C28H36N2O6.2C2H6/c1-21(31)11-8-9-16-26(32)30-25(20-23-14-6-3-7-15-23)28(34)36-18-10-17-35-27(33)24(29)19-22-12-4-2-5-13-22;2*1-2/h2-7,12-15,24-25H,8-11,16-20,29H2,1H3,(H,30,32);2*1-2H3. The number of ketones is 1. The summed E-state index contributed by atoms with van der Waals surface area (Å²) >= 11 is 0. The van der Waals surface area contributed by atoms with Crippen LogP contribution >= 0.6 is 0 Å². The van der Waals surface area contributed by atoms with Gasteiger partial charge >= 0.3 is 11.9 Å². The molecule has 2 aromatic rings. The molecule has 2 atom stereocenters. The number of nitrogens with one attached hydrogen (secondary N) is 1. The molecule has 2 rings (SSSR count). The minimum absolute atomic E-state index is 0.0415. The smallest absolute Gasteiger partial charge is 0.328 e. The van der Waals surface area contributed by atoms with Crippen molar-refractivity contribution >= 4 is 23.6 Å². The van der Waals surface area contributed by atoms with Gasteiger partial charge in [0.25, 0.3) is 0 Å². The second-order valence-electron chi connectivity index (χ2n) is 8.70. The van der Waals surface area contributed by atoms with Crippen molar-refractivity contribution in [3.8, 4) is 0 Å². The second kappa shape index (κ2) is 23.4. The van der Waals surface area contributed by atoms with Gasteiger partial charge in [-0.05, 0) is 37.3 Å². The van der Waals surface area contributed by atoms with Gasteiger partial charge in [-0.15, -0.1) is 0 Å². The molecule has 0 aliphatic heterocycles. The minimum Gasteiger partial charge on any atom is -0.464 e. The molecule has 1 amide bonds. The molecule has 0 saturated heterocycles. The molecular formula is C32H48N2O6. The minimum atomic E-state index is -0.838. The van der Waals surface area contributed by atoms with E-state index < -0.39 is 24.0 Å². The Labute approximate surface area is 240 Å². The van der Waals surface area contributed by atoms with Crippen LogP contribution in [0.4, 0.5) is 0 Å². The van der Waals surface area contributed by atoms with Crippen LogP contribution in [0.1, 0.15) is 77.8 Å². The SMILES string of the molecule is CC.CC.CC(=O)CCCCC(=O)NC(Cc1ccccc1)C(=O)OCCCOC(=O)C(N)Cc1ccccc1. The highest BCUT2D eigenvalue weighted by molar-refractivity contribution is 5.84. The van der Waals surface area contributed by atoms with Crippen LogP contribution < -0.4 is 11.1 Å². The molecule has 0 aliphatic carbocycles. The number of ether oxygens (including phenoxy) is 2. The Balaban J connectivity index is 0.00000363. The maximum absolute atomic E-state index is 12.7. The molecule has 8 heteroatoms. The monoisotopic (exact) mass is 556 g/mol. The molecule has 2 aromatic carbocycles. The number of amides is 1. The molecule has 40 heavy (non-hydrogen) atoms. The Hall–Kier alpha value is -3.52. The van der Waals surface area contributed by atoms with E-state index in [-0.39, 0.29) is 31.3 Å². The van der Waals surface area contributed by atoms with Gasteiger partial charge in [0.1, 0.15) is 17.9 Å². The van der Waals surface area contributed by atoms with E-state index in [1.54, 1.807) is 0 Å². The first-order valence-electron chi connectivity index (χ1n) is 14.3. The summed E-state index contributed by atoms with van der Waals surface area (Å²) < 4.78 is 10.6. The zero-order valence-electron chi connectivity index (χ0n) is 24.8. The van der Waals surface area contributed by atoms with Gasteiger partial charge in [-0.3, -0.25) is 9.59 Å². The van der Waals surface area contributed by atoms with Gasteiger partial charge in [0.05, 0.1) is 13.2 Å². The van der Waals surface area contributed by atoms with E-state index in [1.807, 2.05) is 88.4 Å². The molecule has 0 aromatic heterocycles. The molecule has 0 aliphatic rings. The van der Waals surface area contributed by atoms with E-state index >= 15 is 0 Å². The van der Waals surface area contributed by atoms with Gasteiger partial charge in [0.2, 0.25) is 5.91 Å². The van der Waals surface area contributed by atoms with Gasteiger partial charge in [-0.2, -0.15) is 0 Å². The molecule has 0 spiro atoms. The number of benzene rings is 2. The predicted molar refractivity (Wildman–Crippen MR) is 159 cm³/mol. The number of unbranched alkanes of at least 4 members (excludes halogenated alkanes) is 1. The van der Waals surface area contributed by atoms with E-state index in [9.17, 15) is 19.2 Å². The summed E-state index contributed by atoms with van der Waals surface area (Å²) in [5.41, 5.74) is 7.75. The van der Waals surface area contributed by atoms with Crippen molar-refractivity contribution in [2.45, 2.75) is 91.6 Å². The van der Waals surface area contributed by atoms with Crippen molar-refractivity contribution in [3.05, 3.63) is 71.8 Å². The molecule has 0 fully saturated rings. The maximum Gasteiger partial charge on any atom is 0.328 e. The van der Waals surface area contributed by atoms with Crippen LogP contribution in [0.15, 0.2) is 60.7 Å². The quantitative estimate of drug-likeness (QED) is 0.221. The number of rotatable bonds is 16. The highest BCUT2D eigenvalue weighted by atomic mass is 16.5. The van der Waals surface area contributed by atoms with Crippen molar-refractivity contribution in [1.82, 2.24) is 5.32 Å². The first-order chi connectivity index (χ1) is 19.3. The highest BCUT2D eigenvalue weighted by Crippen LogP contribution is 2.08. The summed E-state index contributed by atoms with van der Waals surface area (Å²) in [5, 5.41) is 2.75. The van der Waals surface area contributed by atoms with Crippen molar-refractivity contribution < 1.29 is 28.7 Å². The number of esters is 2. The van der Waals surface area contributed by atoms with Gasteiger partial charge in [-0.1, -0.05) is 88.4 Å². The number of Topliss-reactive ketones (excluding diaryl/α,β-unsaturated/α-hetero) is 1. The van der Waals surface area contributed by atoms with Crippen molar-refractivity contribution in [3.63, 3.8) is 0 Å². The number of nitrogens with two attached hydrogens (primary N) is 1. The van der Waals surface area contributed by atoms with E-state index in [4.69, 9.17) is 15.2 Å². The molecule has 0 saturated carbocycles. The molecule has 3 N–H and O–H groups in total. The second-order valence-corrected chi connectivity index (χ2v) is 8.70. The number of hydrogen-bond acceptors (Lipinski definition) is 7. The third-order valence-corrected chi connectivity index (χ3v) is 5.46. The average Bonchev–Trinajstić information content (AvgIpc) is 2.97. The van der Waals surface area contributed by atoms with Crippen LogP contribution in [0.25, 0.3) is 0 Å². The van der Waals surface area contributed by atoms with Crippen LogP contribution in [0.2, 0.25) is 0 Å². The molecule has 0 bridgehead atoms. The van der Waals surface area contributed by atoms with Crippen LogP contribution in [0.3, 0.4) is 0 Å². The fraction of sp³-hybridized carbons (Fsp3) is 0.500. The summed E-state index contributed by atoms with van der Waals surface area (Å²) in [6.45, 7) is 9.63. The lowest BCUT2D eigenvalue weighted by molar-refractivity contribution is -0.149. The predicted octanol–water partition coefficient (Wildman–Crippen LogP) is 4.96. The fourth-order valence-electron chi connectivity index (χ4n) is 3.53. The van der Waals surface area contributed by atoms with E-state index in [1.165, 1.54) is 6.92 Å². The Kier molecular flexibility index (Phi) is 21.3. The third kappa shape index (κ3) is 17.1. The van der Waals surface area contributed by atoms with E-state index in [2.05, 4.69) is 5.32 Å². The lowest BCUT2D eigenvalue weighted by Gasteiger charge is -2.18. The maximum atomic E-state index is 12.7. The first kappa shape index (κ1) is 36.5. The van der Waals surface area contributed by atoms with Gasteiger partial charge < -0.3 is 25.3 Å². The molecule has 0 heterocycles. The Morgan fingerprint density at radius 3 is 1.70 bits per heavy atom. The highest BCUT2D eigenvalue weighted by Gasteiger charge is 2.23. The normalized spacial score (nSPS) is 11.3. The molecule has 8 nitrogen and oxygen atoms in total. The summed E-state index contributed by atoms with van der Waals surface area (Å²) in [6.07, 6.45) is 2.84. The lowest BCUT2D eigenvalue weighted by Crippen LogP contribution is -2.43. The van der Waals surface area contributed by atoms with Crippen molar-refractivity contribution in [2.75, 3.05) is 13.2 Å². The third-order valence-electron chi connectivity index (χ3n) is 5.46. The molecule has 0 radical (unpaired) electrons. The zero-order valence-corrected chi connectivity index (χ0v) is 24.8. The van der Waals surface area contributed by atoms with Gasteiger partial charge in [0.15, 0.2) is 0 Å². The van der Waals surface area contributed by atoms with Crippen LogP contribution in [-0.4, -0.2) is 48.9 Å². The molecule has 222 valence electrons. The van der Waals surface area contributed by atoms with Gasteiger partial charge in [0, 0.05) is 25.7 Å². The number of carbonyl (C=O) groups is 4. The Morgan fingerprint density at radius 1 is 0.700 bits per heavy atom. The van der Waals surface area contributed by atoms with Crippen molar-refractivity contribution in [1.29, 1.82) is 0 Å². The zero-order chi connectivity index (χ0) is 30.2. The number of carbonyl (C=O) groups excluding carboxylic acids is 4.